The fraction of sp³-hybridized carbons (Fsp3) is 0.154. The first-order chi connectivity index (χ1) is 8.27. The van der Waals surface area contributed by atoms with Gasteiger partial charge >= 0.3 is 0 Å². The average molecular weight is 250 g/mol. The van der Waals surface area contributed by atoms with Crippen LogP contribution in [0.5, 0.6) is 5.75 Å². The van der Waals surface area contributed by atoms with Crippen LogP contribution in [0.3, 0.4) is 0 Å². The molecule has 17 heavy (non-hydrogen) atoms. The van der Waals surface area contributed by atoms with Crippen LogP contribution in [0.15, 0.2) is 36.0 Å². The van der Waals surface area contributed by atoms with Crippen molar-refractivity contribution in [2.45, 2.75) is 0 Å². The van der Waals surface area contributed by atoms with Crippen LogP contribution < -0.4 is 4.74 Å². The predicted molar refractivity (Wildman–Crippen MR) is 69.5 cm³/mol. The molecular formula is C13H12ClNO2. The maximum Gasteiger partial charge on any atom is 0.177 e. The van der Waals surface area contributed by atoms with Crippen LogP contribution in [0.1, 0.15) is 5.56 Å². The summed E-state index contributed by atoms with van der Waals surface area (Å²) in [4.78, 5) is 4.80. The normalized spacial score (nSPS) is 9.88. The molecule has 0 unspecified atom stereocenters. The van der Waals surface area contributed by atoms with Crippen LogP contribution >= 0.6 is 11.6 Å². The minimum Gasteiger partial charge on any atom is -0.489 e. The molecule has 3 nitrogen and oxygen atoms in total. The lowest BCUT2D eigenvalue weighted by Gasteiger charge is -2.06. The first-order valence-corrected chi connectivity index (χ1v) is 5.27. The zero-order valence-electron chi connectivity index (χ0n) is 9.23. The fourth-order valence-corrected chi connectivity index (χ4v) is 1.25. The molecule has 0 spiro atoms. The van der Waals surface area contributed by atoms with Gasteiger partial charge in [0.1, 0.15) is 12.4 Å². The van der Waals surface area contributed by atoms with E-state index in [9.17, 15) is 0 Å². The number of hydrogen-bond donors (Lipinski definition) is 0. The molecule has 0 aliphatic carbocycles. The van der Waals surface area contributed by atoms with Crippen molar-refractivity contribution in [1.29, 1.82) is 0 Å². The Labute approximate surface area is 106 Å². The van der Waals surface area contributed by atoms with Crippen molar-refractivity contribution in [3.8, 4) is 18.1 Å². The molecule has 0 aromatic heterocycles. The Balaban J connectivity index is 2.79. The Morgan fingerprint density at radius 1 is 1.53 bits per heavy atom. The van der Waals surface area contributed by atoms with Gasteiger partial charge in [0, 0.05) is 10.6 Å². The van der Waals surface area contributed by atoms with Crippen molar-refractivity contribution >= 4 is 17.8 Å². The molecule has 0 amide bonds. The molecule has 0 bridgehead atoms. The lowest BCUT2D eigenvalue weighted by molar-refractivity contribution is 0.181. The van der Waals surface area contributed by atoms with Gasteiger partial charge < -0.3 is 9.57 Å². The van der Waals surface area contributed by atoms with E-state index in [1.54, 1.807) is 24.3 Å². The summed E-state index contributed by atoms with van der Waals surface area (Å²) in [7, 11) is 0. The van der Waals surface area contributed by atoms with Gasteiger partial charge in [-0.15, -0.1) is 6.42 Å². The Hall–Kier alpha value is -1.92. The number of ether oxygens (including phenoxy) is 1. The average Bonchev–Trinajstić information content (AvgIpc) is 2.33. The summed E-state index contributed by atoms with van der Waals surface area (Å²) in [6.45, 7) is 4.11. The highest BCUT2D eigenvalue weighted by Crippen LogP contribution is 2.21. The quantitative estimate of drug-likeness (QED) is 0.255. The molecule has 1 rings (SSSR count). The molecule has 0 aliphatic rings. The second-order valence-electron chi connectivity index (χ2n) is 2.99. The van der Waals surface area contributed by atoms with Gasteiger partial charge in [0.05, 0.1) is 6.21 Å². The molecule has 4 heteroatoms. The van der Waals surface area contributed by atoms with E-state index in [4.69, 9.17) is 27.6 Å². The number of rotatable bonds is 6. The van der Waals surface area contributed by atoms with Gasteiger partial charge in [0.2, 0.25) is 0 Å². The van der Waals surface area contributed by atoms with Gasteiger partial charge in [0.25, 0.3) is 0 Å². The Bertz CT molecular complexity index is 449. The minimum absolute atomic E-state index is 0.125. The second kappa shape index (κ2) is 7.37. The van der Waals surface area contributed by atoms with Crippen LogP contribution in [-0.4, -0.2) is 19.4 Å². The van der Waals surface area contributed by atoms with Crippen LogP contribution in [0.2, 0.25) is 5.02 Å². The standard InChI is InChI=1S/C13H12ClNO2/c1-3-7-16-13-6-5-12(14)9-11(13)10-15-17-8-4-2/h2-3,5-6,9-10H,1,7-8H2/b15-10+. The van der Waals surface area contributed by atoms with Crippen LogP contribution in [-0.2, 0) is 4.84 Å². The first kappa shape index (κ1) is 13.1. The molecule has 0 atom stereocenters. The number of benzene rings is 1. The number of terminal acetylenes is 1. The number of hydrogen-bond acceptors (Lipinski definition) is 3. The summed E-state index contributed by atoms with van der Waals surface area (Å²) in [5, 5.41) is 4.30. The molecule has 0 N–H and O–H groups in total. The third-order valence-corrected chi connectivity index (χ3v) is 1.98. The molecule has 1 aromatic carbocycles. The van der Waals surface area contributed by atoms with Crippen molar-refractivity contribution in [3.05, 3.63) is 41.4 Å². The molecule has 0 saturated carbocycles. The lowest BCUT2D eigenvalue weighted by atomic mass is 10.2. The molecule has 0 aliphatic heterocycles. The monoisotopic (exact) mass is 249 g/mol. The van der Waals surface area contributed by atoms with Crippen LogP contribution in [0.25, 0.3) is 0 Å². The summed E-state index contributed by atoms with van der Waals surface area (Å²) in [6.07, 6.45) is 8.18. The summed E-state index contributed by atoms with van der Waals surface area (Å²) in [5.74, 6) is 2.96. The molecular weight excluding hydrogens is 238 g/mol. The van der Waals surface area contributed by atoms with Gasteiger partial charge in [-0.1, -0.05) is 35.3 Å². The van der Waals surface area contributed by atoms with E-state index in [-0.39, 0.29) is 6.61 Å². The van der Waals surface area contributed by atoms with Crippen molar-refractivity contribution in [3.63, 3.8) is 0 Å². The van der Waals surface area contributed by atoms with Crippen molar-refractivity contribution in [1.82, 2.24) is 0 Å². The van der Waals surface area contributed by atoms with E-state index in [1.807, 2.05) is 0 Å². The van der Waals surface area contributed by atoms with Crippen molar-refractivity contribution in [2.24, 2.45) is 5.16 Å². The maximum atomic E-state index is 5.88. The second-order valence-corrected chi connectivity index (χ2v) is 3.43. The van der Waals surface area contributed by atoms with Gasteiger partial charge in [-0.05, 0) is 18.2 Å². The van der Waals surface area contributed by atoms with E-state index >= 15 is 0 Å². The Morgan fingerprint density at radius 2 is 2.35 bits per heavy atom. The highest BCUT2D eigenvalue weighted by Gasteiger charge is 2.02. The third-order valence-electron chi connectivity index (χ3n) is 1.74. The molecule has 88 valence electrons. The first-order valence-electron chi connectivity index (χ1n) is 4.90. The number of oxime groups is 1. The Kier molecular flexibility index (Phi) is 5.70. The third kappa shape index (κ3) is 4.62. The van der Waals surface area contributed by atoms with Crippen molar-refractivity contribution < 1.29 is 9.57 Å². The molecule has 1 aromatic rings. The largest absolute Gasteiger partial charge is 0.489 e. The SMILES string of the molecule is C#CCO/N=C/c1cc(Cl)ccc1OCC=C. The summed E-state index contributed by atoms with van der Waals surface area (Å²) < 4.78 is 5.43. The highest BCUT2D eigenvalue weighted by molar-refractivity contribution is 6.30. The van der Waals surface area contributed by atoms with Crippen LogP contribution in [0.4, 0.5) is 0 Å². The fourth-order valence-electron chi connectivity index (χ4n) is 1.07. The molecule has 0 radical (unpaired) electrons. The van der Waals surface area contributed by atoms with Gasteiger partial charge in [0.15, 0.2) is 6.61 Å². The van der Waals surface area contributed by atoms with E-state index in [0.717, 1.165) is 5.56 Å². The topological polar surface area (TPSA) is 30.8 Å². The van der Waals surface area contributed by atoms with Gasteiger partial charge in [-0.3, -0.25) is 0 Å². The highest BCUT2D eigenvalue weighted by atomic mass is 35.5. The van der Waals surface area contributed by atoms with Gasteiger partial charge in [-0.25, -0.2) is 0 Å². The number of halogens is 1. The summed E-state index contributed by atoms with van der Waals surface area (Å²) >= 11 is 5.88. The van der Waals surface area contributed by atoms with E-state index in [1.165, 1.54) is 6.21 Å². The predicted octanol–water partition coefficient (Wildman–Crippen LogP) is 2.89. The number of nitrogens with zero attached hydrogens (tertiary/aromatic N) is 1. The van der Waals surface area contributed by atoms with E-state index in [2.05, 4.69) is 17.7 Å². The molecule has 0 fully saturated rings. The van der Waals surface area contributed by atoms with Crippen molar-refractivity contribution in [2.75, 3.05) is 13.2 Å². The lowest BCUT2D eigenvalue weighted by Crippen LogP contribution is -1.97. The van der Waals surface area contributed by atoms with E-state index in [0.29, 0.717) is 17.4 Å². The van der Waals surface area contributed by atoms with Gasteiger partial charge in [-0.2, -0.15) is 0 Å². The zero-order valence-corrected chi connectivity index (χ0v) is 9.98. The minimum atomic E-state index is 0.125. The smallest absolute Gasteiger partial charge is 0.177 e. The van der Waals surface area contributed by atoms with Crippen LogP contribution in [0, 0.1) is 12.3 Å². The summed E-state index contributed by atoms with van der Waals surface area (Å²) in [5.41, 5.74) is 0.719. The molecule has 0 saturated heterocycles. The zero-order chi connectivity index (χ0) is 12.5. The maximum absolute atomic E-state index is 5.88. The molecule has 0 heterocycles. The summed E-state index contributed by atoms with van der Waals surface area (Å²) in [6, 6.07) is 5.22. The Morgan fingerprint density at radius 3 is 3.06 bits per heavy atom. The van der Waals surface area contributed by atoms with E-state index < -0.39 is 0 Å².